The number of fused-ring (bicyclic) bond motifs is 1. The summed E-state index contributed by atoms with van der Waals surface area (Å²) in [6.45, 7) is 2.59. The second-order valence-electron chi connectivity index (χ2n) is 5.70. The zero-order valence-electron chi connectivity index (χ0n) is 14.5. The molecule has 0 atom stereocenters. The minimum absolute atomic E-state index is 0.826. The summed E-state index contributed by atoms with van der Waals surface area (Å²) >= 11 is 0. The Balaban J connectivity index is 1.34. The molecule has 0 fully saturated rings. The van der Waals surface area contributed by atoms with Crippen molar-refractivity contribution < 1.29 is 0 Å². The third-order valence-corrected chi connectivity index (χ3v) is 3.89. The lowest BCUT2D eigenvalue weighted by Gasteiger charge is -2.11. The van der Waals surface area contributed by atoms with Crippen LogP contribution in [0.3, 0.4) is 0 Å². The highest BCUT2D eigenvalue weighted by Crippen LogP contribution is 2.04. The second-order valence-corrected chi connectivity index (χ2v) is 5.70. The quantitative estimate of drug-likeness (QED) is 0.365. The van der Waals surface area contributed by atoms with E-state index in [1.165, 1.54) is 0 Å². The van der Waals surface area contributed by atoms with Gasteiger partial charge in [-0.1, -0.05) is 6.07 Å². The number of pyridine rings is 1. The molecule has 0 saturated carbocycles. The van der Waals surface area contributed by atoms with Crippen LogP contribution in [-0.2, 0) is 13.0 Å². The number of nitrogens with one attached hydrogen (secondary N) is 2. The van der Waals surface area contributed by atoms with Gasteiger partial charge in [0.05, 0.1) is 0 Å². The van der Waals surface area contributed by atoms with Crippen LogP contribution in [-0.4, -0.2) is 50.5 Å². The van der Waals surface area contributed by atoms with Gasteiger partial charge in [-0.05, 0) is 31.0 Å². The predicted molar refractivity (Wildman–Crippen MR) is 97.5 cm³/mol. The third-order valence-electron chi connectivity index (χ3n) is 3.89. The van der Waals surface area contributed by atoms with Crippen molar-refractivity contribution in [1.82, 2.24) is 35.0 Å². The van der Waals surface area contributed by atoms with E-state index in [1.54, 1.807) is 13.2 Å². The monoisotopic (exact) mass is 340 g/mol. The van der Waals surface area contributed by atoms with Crippen LogP contribution in [0.2, 0.25) is 0 Å². The Kier molecular flexibility index (Phi) is 5.97. The first-order valence-corrected chi connectivity index (χ1v) is 8.57. The SMILES string of the molecule is CN=C(NCCCc1nnc2ccccn12)NCCCn1cccn1. The van der Waals surface area contributed by atoms with Crippen LogP contribution in [0.4, 0.5) is 0 Å². The van der Waals surface area contributed by atoms with Crippen molar-refractivity contribution in [2.75, 3.05) is 20.1 Å². The minimum atomic E-state index is 0.826. The van der Waals surface area contributed by atoms with Crippen LogP contribution >= 0.6 is 0 Å². The molecule has 0 radical (unpaired) electrons. The smallest absolute Gasteiger partial charge is 0.190 e. The normalized spacial score (nSPS) is 11.8. The zero-order valence-corrected chi connectivity index (χ0v) is 14.5. The van der Waals surface area contributed by atoms with Crippen LogP contribution in [0.5, 0.6) is 0 Å². The fourth-order valence-electron chi connectivity index (χ4n) is 2.62. The molecule has 0 aliphatic rings. The van der Waals surface area contributed by atoms with Crippen molar-refractivity contribution in [2.45, 2.75) is 25.8 Å². The van der Waals surface area contributed by atoms with Crippen molar-refractivity contribution >= 4 is 11.6 Å². The van der Waals surface area contributed by atoms with Gasteiger partial charge in [-0.15, -0.1) is 10.2 Å². The van der Waals surface area contributed by atoms with Crippen LogP contribution in [0.25, 0.3) is 5.65 Å². The van der Waals surface area contributed by atoms with E-state index < -0.39 is 0 Å². The molecule has 0 amide bonds. The molecule has 3 aromatic heterocycles. The lowest BCUT2D eigenvalue weighted by Crippen LogP contribution is -2.38. The Morgan fingerprint density at radius 2 is 1.96 bits per heavy atom. The molecule has 0 unspecified atom stereocenters. The Hall–Kier alpha value is -2.90. The van der Waals surface area contributed by atoms with Crippen LogP contribution in [0.15, 0.2) is 47.8 Å². The number of aromatic nitrogens is 5. The summed E-state index contributed by atoms with van der Waals surface area (Å²) in [6, 6.07) is 7.86. The second kappa shape index (κ2) is 8.81. The highest BCUT2D eigenvalue weighted by molar-refractivity contribution is 5.79. The number of aliphatic imine (C=N–C) groups is 1. The summed E-state index contributed by atoms with van der Waals surface area (Å²) < 4.78 is 3.96. The fraction of sp³-hybridized carbons (Fsp3) is 0.412. The first-order valence-electron chi connectivity index (χ1n) is 8.57. The molecule has 3 heterocycles. The lowest BCUT2D eigenvalue weighted by molar-refractivity contribution is 0.569. The van der Waals surface area contributed by atoms with Crippen molar-refractivity contribution in [3.05, 3.63) is 48.7 Å². The maximum absolute atomic E-state index is 4.25. The number of hydrogen-bond donors (Lipinski definition) is 2. The van der Waals surface area contributed by atoms with Gasteiger partial charge in [-0.25, -0.2) is 0 Å². The zero-order chi connectivity index (χ0) is 17.3. The highest BCUT2D eigenvalue weighted by atomic mass is 15.3. The average Bonchev–Trinajstić information content (AvgIpc) is 3.30. The number of guanidine groups is 1. The molecular formula is C17H24N8. The molecule has 8 nitrogen and oxygen atoms in total. The first kappa shape index (κ1) is 16.9. The Bertz CT molecular complexity index is 790. The molecular weight excluding hydrogens is 316 g/mol. The van der Waals surface area contributed by atoms with Gasteiger partial charge in [0.2, 0.25) is 0 Å². The molecule has 0 spiro atoms. The Morgan fingerprint density at radius 1 is 1.08 bits per heavy atom. The fourth-order valence-corrected chi connectivity index (χ4v) is 2.62. The van der Waals surface area contributed by atoms with Crippen molar-refractivity contribution in [2.24, 2.45) is 4.99 Å². The van der Waals surface area contributed by atoms with Gasteiger partial charge < -0.3 is 10.6 Å². The maximum Gasteiger partial charge on any atom is 0.190 e. The molecule has 0 aliphatic heterocycles. The molecule has 8 heteroatoms. The molecule has 25 heavy (non-hydrogen) atoms. The van der Waals surface area contributed by atoms with Gasteiger partial charge in [0.1, 0.15) is 5.82 Å². The Labute approximate surface area is 147 Å². The molecule has 132 valence electrons. The predicted octanol–water partition coefficient (Wildman–Crippen LogP) is 1.11. The summed E-state index contributed by atoms with van der Waals surface area (Å²) in [6.07, 6.45) is 8.60. The van der Waals surface area contributed by atoms with E-state index in [4.69, 9.17) is 0 Å². The molecule has 0 aliphatic carbocycles. The number of hydrogen-bond acceptors (Lipinski definition) is 4. The topological polar surface area (TPSA) is 84.4 Å². The van der Waals surface area contributed by atoms with E-state index in [0.29, 0.717) is 0 Å². The van der Waals surface area contributed by atoms with Crippen LogP contribution in [0.1, 0.15) is 18.7 Å². The van der Waals surface area contributed by atoms with Gasteiger partial charge in [0, 0.05) is 51.7 Å². The van der Waals surface area contributed by atoms with Gasteiger partial charge in [-0.3, -0.25) is 14.1 Å². The van der Waals surface area contributed by atoms with E-state index in [9.17, 15) is 0 Å². The largest absolute Gasteiger partial charge is 0.356 e. The standard InChI is InChI=1S/C17H24N8/c1-18-17(20-10-5-12-24-13-6-11-21-24)19-9-4-8-16-23-22-15-7-2-3-14-25(15)16/h2-3,6-7,11,13-14H,4-5,8-10,12H2,1H3,(H2,18,19,20). The molecule has 2 N–H and O–H groups in total. The molecule has 0 aromatic carbocycles. The molecule has 3 rings (SSSR count). The Morgan fingerprint density at radius 3 is 2.76 bits per heavy atom. The molecule has 0 bridgehead atoms. The van der Waals surface area contributed by atoms with E-state index in [2.05, 4.69) is 30.9 Å². The number of nitrogens with zero attached hydrogens (tertiary/aromatic N) is 6. The molecule has 3 aromatic rings. The van der Waals surface area contributed by atoms with E-state index >= 15 is 0 Å². The third kappa shape index (κ3) is 4.79. The van der Waals surface area contributed by atoms with Gasteiger partial charge >= 0.3 is 0 Å². The summed E-state index contributed by atoms with van der Waals surface area (Å²) in [5, 5.41) is 19.3. The summed E-state index contributed by atoms with van der Waals surface area (Å²) in [5.74, 6) is 1.81. The van der Waals surface area contributed by atoms with Crippen molar-refractivity contribution in [3.8, 4) is 0 Å². The summed E-state index contributed by atoms with van der Waals surface area (Å²) in [5.41, 5.74) is 0.889. The van der Waals surface area contributed by atoms with Crippen LogP contribution in [0, 0.1) is 0 Å². The molecule has 0 saturated heterocycles. The van der Waals surface area contributed by atoms with Gasteiger partial charge in [-0.2, -0.15) is 5.10 Å². The highest BCUT2D eigenvalue weighted by Gasteiger charge is 2.04. The first-order chi connectivity index (χ1) is 12.4. The number of rotatable bonds is 8. The minimum Gasteiger partial charge on any atom is -0.356 e. The van der Waals surface area contributed by atoms with Crippen molar-refractivity contribution in [1.29, 1.82) is 0 Å². The van der Waals surface area contributed by atoms with Gasteiger partial charge in [0.15, 0.2) is 11.6 Å². The lowest BCUT2D eigenvalue weighted by atomic mass is 10.3. The van der Waals surface area contributed by atoms with Gasteiger partial charge in [0.25, 0.3) is 0 Å². The van der Waals surface area contributed by atoms with Crippen molar-refractivity contribution in [3.63, 3.8) is 0 Å². The summed E-state index contributed by atoms with van der Waals surface area (Å²) in [4.78, 5) is 4.25. The van der Waals surface area contributed by atoms with E-state index in [1.807, 2.05) is 45.7 Å². The van der Waals surface area contributed by atoms with Crippen LogP contribution < -0.4 is 10.6 Å². The number of aryl methyl sites for hydroxylation is 2. The van der Waals surface area contributed by atoms with E-state index in [0.717, 1.165) is 56.3 Å². The summed E-state index contributed by atoms with van der Waals surface area (Å²) in [7, 11) is 1.79. The maximum atomic E-state index is 4.25. The average molecular weight is 340 g/mol. The van der Waals surface area contributed by atoms with E-state index in [-0.39, 0.29) is 0 Å².